The lowest BCUT2D eigenvalue weighted by Gasteiger charge is -2.35. The Bertz CT molecular complexity index is 2550. The van der Waals surface area contributed by atoms with E-state index in [1.54, 1.807) is 0 Å². The molecule has 69 heavy (non-hydrogen) atoms. The third-order valence-corrected chi connectivity index (χ3v) is 15.2. The van der Waals surface area contributed by atoms with Crippen molar-refractivity contribution < 1.29 is 28.7 Å². The first kappa shape index (κ1) is 48.3. The van der Waals surface area contributed by atoms with Crippen LogP contribution in [-0.4, -0.2) is 106 Å². The molecule has 18 heteroatoms. The first-order valence-corrected chi connectivity index (χ1v) is 25.3. The van der Waals surface area contributed by atoms with Crippen molar-refractivity contribution in [1.29, 1.82) is 0 Å². The molecule has 368 valence electrons. The zero-order valence-corrected chi connectivity index (χ0v) is 41.8. The van der Waals surface area contributed by atoms with Crippen LogP contribution in [0.4, 0.5) is 21.0 Å². The second kappa shape index (κ2) is 20.3. The van der Waals surface area contributed by atoms with Crippen LogP contribution >= 0.6 is 23.2 Å². The van der Waals surface area contributed by atoms with Gasteiger partial charge in [0.1, 0.15) is 23.7 Å². The summed E-state index contributed by atoms with van der Waals surface area (Å²) in [7, 11) is 2.59. The zero-order valence-electron chi connectivity index (χ0n) is 40.3. The van der Waals surface area contributed by atoms with E-state index >= 15 is 0 Å². The van der Waals surface area contributed by atoms with E-state index in [1.165, 1.54) is 20.6 Å². The summed E-state index contributed by atoms with van der Waals surface area (Å²) in [5.74, 6) is 0.855. The molecule has 0 radical (unpaired) electrons. The molecule has 0 aliphatic carbocycles. The van der Waals surface area contributed by atoms with E-state index in [9.17, 15) is 19.2 Å². The second-order valence-electron chi connectivity index (χ2n) is 19.7. The number of imidazole rings is 2. The highest BCUT2D eigenvalue weighted by Gasteiger charge is 2.41. The molecule has 4 aliphatic heterocycles. The van der Waals surface area contributed by atoms with Crippen molar-refractivity contribution in [2.75, 3.05) is 50.2 Å². The number of carbonyl (C=O) groups is 4. The lowest BCUT2D eigenvalue weighted by atomic mass is 10.0. The number of ether oxygens (including phenoxy) is 2. The topological polar surface area (TPSA) is 181 Å². The van der Waals surface area contributed by atoms with Crippen molar-refractivity contribution in [3.05, 3.63) is 81.4 Å². The minimum Gasteiger partial charge on any atom is -0.453 e. The minimum atomic E-state index is -0.726. The number of anilines is 2. The van der Waals surface area contributed by atoms with Crippen molar-refractivity contribution in [1.82, 2.24) is 40.4 Å². The average molecular weight is 984 g/mol. The molecule has 4 aliphatic rings. The van der Waals surface area contributed by atoms with Crippen LogP contribution in [0.3, 0.4) is 0 Å². The number of benzene rings is 3. The molecule has 6 heterocycles. The summed E-state index contributed by atoms with van der Waals surface area (Å²) in [5, 5.41) is 6.73. The fourth-order valence-electron chi connectivity index (χ4n) is 11.1. The lowest BCUT2D eigenvalue weighted by molar-refractivity contribution is -0.136. The number of methoxy groups -OCH3 is 2. The Hall–Kier alpha value is -5.74. The third-order valence-electron chi connectivity index (χ3n) is 14.7. The van der Waals surface area contributed by atoms with Crippen LogP contribution in [-0.2, 0) is 19.1 Å². The number of likely N-dealkylation sites (tertiary alicyclic amines) is 2. The van der Waals surface area contributed by atoms with E-state index in [-0.39, 0.29) is 47.8 Å². The highest BCUT2D eigenvalue weighted by atomic mass is 35.5. The van der Waals surface area contributed by atoms with Gasteiger partial charge in [0.25, 0.3) is 0 Å². The smallest absolute Gasteiger partial charge is 0.407 e. The van der Waals surface area contributed by atoms with Crippen molar-refractivity contribution in [2.24, 2.45) is 11.8 Å². The van der Waals surface area contributed by atoms with Gasteiger partial charge in [0.15, 0.2) is 0 Å². The van der Waals surface area contributed by atoms with Crippen molar-refractivity contribution >= 4 is 80.6 Å². The van der Waals surface area contributed by atoms with Gasteiger partial charge in [-0.15, -0.1) is 0 Å². The van der Waals surface area contributed by atoms with Gasteiger partial charge >= 0.3 is 12.2 Å². The quantitative estimate of drug-likeness (QED) is 0.0940. The standard InChI is InChI=1S/C51H64Cl2N10O6/c1-28(2)43(58-50(66)68-5)48(64)61-22-10-12-41(61)46-54-35-16-14-30(24-37(35)56-46)39-18-19-40(63(39)32-26-33(52)45(34(53)27-32)60-20-8-7-9-21-60)31-15-17-36-38(25-31)57-47(55-36)42-13-11-23-62(42)49(65)44(29(3)4)59-51(67)69-6/h14-17,24-29,39-44H,7-13,18-23H2,1-6H3,(H,54,56)(H,55,57)(H,58,66)(H,59,67)/t39-,40-,41+,42+,43+,44+/m1/s1. The summed E-state index contributed by atoms with van der Waals surface area (Å²) in [6, 6.07) is 14.8. The number of H-pyrrole nitrogens is 2. The fraction of sp³-hybridized carbons (Fsp3) is 0.529. The van der Waals surface area contributed by atoms with Gasteiger partial charge in [0.05, 0.1) is 76.2 Å². The van der Waals surface area contributed by atoms with Crippen LogP contribution in [0, 0.1) is 11.8 Å². The monoisotopic (exact) mass is 982 g/mol. The third kappa shape index (κ3) is 9.63. The molecule has 5 aromatic rings. The number of fused-ring (bicyclic) bond motifs is 2. The molecule has 9 rings (SSSR count). The Morgan fingerprint density at radius 3 is 1.48 bits per heavy atom. The Kier molecular flexibility index (Phi) is 14.2. The van der Waals surface area contributed by atoms with Crippen LogP contribution in [0.1, 0.15) is 132 Å². The van der Waals surface area contributed by atoms with Crippen molar-refractivity contribution in [3.8, 4) is 0 Å². The number of aromatic amines is 2. The molecule has 0 saturated carbocycles. The Balaban J connectivity index is 1.04. The van der Waals surface area contributed by atoms with E-state index in [1.807, 2.05) is 37.5 Å². The maximum atomic E-state index is 13.9. The maximum Gasteiger partial charge on any atom is 0.407 e. The van der Waals surface area contributed by atoms with E-state index < -0.39 is 24.3 Å². The number of nitrogens with one attached hydrogen (secondary N) is 4. The number of piperidine rings is 1. The van der Waals surface area contributed by atoms with Gasteiger partial charge in [-0.3, -0.25) is 9.59 Å². The summed E-state index contributed by atoms with van der Waals surface area (Å²) >= 11 is 14.5. The normalized spacial score (nSPS) is 21.7. The van der Waals surface area contributed by atoms with E-state index in [2.05, 4.69) is 78.9 Å². The maximum absolute atomic E-state index is 13.9. The Morgan fingerprint density at radius 2 is 1.06 bits per heavy atom. The number of hydrogen-bond donors (Lipinski definition) is 4. The molecule has 2 aromatic heterocycles. The average Bonchev–Trinajstić information content (AvgIpc) is 4.20. The minimum absolute atomic E-state index is 0.0655. The lowest BCUT2D eigenvalue weighted by Crippen LogP contribution is -2.51. The number of rotatable bonds is 12. The Labute approximate surface area is 413 Å². The van der Waals surface area contributed by atoms with Gasteiger partial charge in [-0.05, 0) is 117 Å². The summed E-state index contributed by atoms with van der Waals surface area (Å²) in [6.07, 6.45) is 6.94. The summed E-state index contributed by atoms with van der Waals surface area (Å²) in [6.45, 7) is 10.6. The molecule has 0 bridgehead atoms. The van der Waals surface area contributed by atoms with Crippen LogP contribution in [0.5, 0.6) is 0 Å². The van der Waals surface area contributed by atoms with Crippen molar-refractivity contribution in [3.63, 3.8) is 0 Å². The molecule has 3 aromatic carbocycles. The van der Waals surface area contributed by atoms with Crippen molar-refractivity contribution in [2.45, 2.75) is 122 Å². The molecular weight excluding hydrogens is 920 g/mol. The largest absolute Gasteiger partial charge is 0.453 e. The van der Waals surface area contributed by atoms with Gasteiger partial charge < -0.3 is 49.7 Å². The zero-order chi connectivity index (χ0) is 48.7. The second-order valence-corrected chi connectivity index (χ2v) is 20.5. The van der Waals surface area contributed by atoms with Crippen LogP contribution in [0.25, 0.3) is 22.1 Å². The number of aromatic nitrogens is 4. The number of carbonyl (C=O) groups excluding carboxylic acids is 4. The molecular formula is C51H64Cl2N10O6. The number of alkyl carbamates (subject to hydrolysis) is 2. The molecule has 4 amide bonds. The molecule has 0 spiro atoms. The number of hydrogen-bond acceptors (Lipinski definition) is 10. The van der Waals surface area contributed by atoms with Gasteiger partial charge in [0, 0.05) is 31.9 Å². The van der Waals surface area contributed by atoms with Gasteiger partial charge in [-0.2, -0.15) is 0 Å². The molecule has 16 nitrogen and oxygen atoms in total. The van der Waals surface area contributed by atoms with Crippen LogP contribution in [0.2, 0.25) is 10.0 Å². The number of nitrogens with zero attached hydrogens (tertiary/aromatic N) is 6. The summed E-state index contributed by atoms with van der Waals surface area (Å²) in [4.78, 5) is 78.1. The van der Waals surface area contributed by atoms with Gasteiger partial charge in [-0.1, -0.05) is 63.0 Å². The molecule has 4 N–H and O–H groups in total. The fourth-order valence-corrected chi connectivity index (χ4v) is 11.9. The first-order valence-electron chi connectivity index (χ1n) is 24.6. The molecule has 6 atom stereocenters. The van der Waals surface area contributed by atoms with E-state index in [4.69, 9.17) is 42.6 Å². The SMILES string of the molecule is COC(=O)N[C@H](C(=O)N1CCC[C@H]1c1nc2cc([C@H]3CC[C@H](c4ccc5[nH]c([C@@H]6CCCN6C(=O)[C@@H](NC(=O)OC)C(C)C)nc5c4)N3c3cc(Cl)c(N4CCCCC4)c(Cl)c3)ccc2[nH]1)C(C)C. The molecule has 4 saturated heterocycles. The highest BCUT2D eigenvalue weighted by Crippen LogP contribution is 2.50. The number of halogens is 2. The predicted molar refractivity (Wildman–Crippen MR) is 268 cm³/mol. The van der Waals surface area contributed by atoms with E-state index in [0.717, 1.165) is 121 Å². The van der Waals surface area contributed by atoms with Crippen LogP contribution < -0.4 is 20.4 Å². The van der Waals surface area contributed by atoms with Gasteiger partial charge in [0.2, 0.25) is 11.8 Å². The molecule has 0 unspecified atom stereocenters. The van der Waals surface area contributed by atoms with Crippen LogP contribution in [0.15, 0.2) is 48.5 Å². The highest BCUT2D eigenvalue weighted by molar-refractivity contribution is 6.39. The van der Waals surface area contributed by atoms with E-state index in [0.29, 0.717) is 23.1 Å². The predicted octanol–water partition coefficient (Wildman–Crippen LogP) is 9.91. The van der Waals surface area contributed by atoms with Gasteiger partial charge in [-0.25, -0.2) is 19.6 Å². The molecule has 4 fully saturated rings. The first-order chi connectivity index (χ1) is 33.2. The Morgan fingerprint density at radius 1 is 0.609 bits per heavy atom. The summed E-state index contributed by atoms with van der Waals surface area (Å²) in [5.41, 5.74) is 7.35. The number of amides is 4. The summed E-state index contributed by atoms with van der Waals surface area (Å²) < 4.78 is 9.68.